The normalized spacial score (nSPS) is 10.3. The molecule has 0 bridgehead atoms. The van der Waals surface area contributed by atoms with Crippen molar-refractivity contribution < 1.29 is 14.3 Å². The molecule has 0 aliphatic carbocycles. The summed E-state index contributed by atoms with van der Waals surface area (Å²) in [5.41, 5.74) is 1.74. The number of hydrogen-bond donors (Lipinski definition) is 0. The predicted molar refractivity (Wildman–Crippen MR) is 88.9 cm³/mol. The Balaban J connectivity index is 1.71. The standard InChI is InChI=1S/C18H15NO3S/c1-13-8-10-23-17(13)18(20)21-12-14-5-2-3-7-16(14)22-15-6-4-9-19-11-15/h2-11H,12H2,1H3. The molecular formula is C18H15NO3S. The first kappa shape index (κ1) is 15.2. The molecule has 0 atom stereocenters. The summed E-state index contributed by atoms with van der Waals surface area (Å²) in [7, 11) is 0. The minimum Gasteiger partial charge on any atom is -0.456 e. The molecule has 0 spiro atoms. The van der Waals surface area contributed by atoms with Crippen molar-refractivity contribution in [2.45, 2.75) is 13.5 Å². The minimum absolute atomic E-state index is 0.159. The maximum absolute atomic E-state index is 12.1. The second-order valence-electron chi connectivity index (χ2n) is 4.91. The zero-order chi connectivity index (χ0) is 16.1. The monoisotopic (exact) mass is 325 g/mol. The van der Waals surface area contributed by atoms with E-state index in [4.69, 9.17) is 9.47 Å². The number of thiophene rings is 1. The van der Waals surface area contributed by atoms with Crippen molar-refractivity contribution >= 4 is 17.3 Å². The second kappa shape index (κ2) is 7.07. The molecule has 0 fully saturated rings. The van der Waals surface area contributed by atoms with Crippen LogP contribution in [0.5, 0.6) is 11.5 Å². The van der Waals surface area contributed by atoms with Crippen LogP contribution >= 0.6 is 11.3 Å². The number of rotatable bonds is 5. The largest absolute Gasteiger partial charge is 0.456 e. The Morgan fingerprint density at radius 2 is 2.04 bits per heavy atom. The molecule has 0 N–H and O–H groups in total. The fourth-order valence-electron chi connectivity index (χ4n) is 2.05. The van der Waals surface area contributed by atoms with Crippen molar-refractivity contribution in [2.75, 3.05) is 0 Å². The van der Waals surface area contributed by atoms with Crippen LogP contribution in [0.25, 0.3) is 0 Å². The van der Waals surface area contributed by atoms with Crippen molar-refractivity contribution in [1.82, 2.24) is 4.98 Å². The Morgan fingerprint density at radius 3 is 2.78 bits per heavy atom. The molecule has 0 saturated heterocycles. The van der Waals surface area contributed by atoms with E-state index in [1.54, 1.807) is 18.5 Å². The average Bonchev–Trinajstić information content (AvgIpc) is 3.01. The van der Waals surface area contributed by atoms with Crippen LogP contribution in [0.3, 0.4) is 0 Å². The molecular weight excluding hydrogens is 310 g/mol. The number of pyridine rings is 1. The lowest BCUT2D eigenvalue weighted by Crippen LogP contribution is -2.05. The molecule has 3 rings (SSSR count). The summed E-state index contributed by atoms with van der Waals surface area (Å²) in [5.74, 6) is 0.977. The molecule has 5 heteroatoms. The first-order chi connectivity index (χ1) is 11.2. The van der Waals surface area contributed by atoms with E-state index in [-0.39, 0.29) is 12.6 Å². The third kappa shape index (κ3) is 3.76. The highest BCUT2D eigenvalue weighted by atomic mass is 32.1. The van der Waals surface area contributed by atoms with E-state index in [0.717, 1.165) is 11.1 Å². The maximum atomic E-state index is 12.1. The highest BCUT2D eigenvalue weighted by Gasteiger charge is 2.13. The summed E-state index contributed by atoms with van der Waals surface area (Å²) >= 11 is 1.39. The van der Waals surface area contributed by atoms with Crippen molar-refractivity contribution in [3.05, 3.63) is 76.2 Å². The number of carbonyl (C=O) groups is 1. The molecule has 23 heavy (non-hydrogen) atoms. The molecule has 0 aliphatic heterocycles. The van der Waals surface area contributed by atoms with Gasteiger partial charge in [-0.15, -0.1) is 11.3 Å². The summed E-state index contributed by atoms with van der Waals surface area (Å²) in [6.07, 6.45) is 3.32. The second-order valence-corrected chi connectivity index (χ2v) is 5.82. The van der Waals surface area contributed by atoms with Crippen LogP contribution in [0.15, 0.2) is 60.2 Å². The van der Waals surface area contributed by atoms with E-state index >= 15 is 0 Å². The van der Waals surface area contributed by atoms with Gasteiger partial charge in [-0.3, -0.25) is 4.98 Å². The Bertz CT molecular complexity index is 799. The first-order valence-corrected chi connectivity index (χ1v) is 7.99. The van der Waals surface area contributed by atoms with Crippen LogP contribution in [0, 0.1) is 6.92 Å². The number of ether oxygens (including phenoxy) is 2. The first-order valence-electron chi connectivity index (χ1n) is 7.11. The fraction of sp³-hybridized carbons (Fsp3) is 0.111. The predicted octanol–water partition coefficient (Wildman–Crippen LogP) is 4.60. The van der Waals surface area contributed by atoms with Gasteiger partial charge in [-0.1, -0.05) is 18.2 Å². The molecule has 0 amide bonds. The Kier molecular flexibility index (Phi) is 4.68. The van der Waals surface area contributed by atoms with Gasteiger partial charge >= 0.3 is 5.97 Å². The van der Waals surface area contributed by atoms with Crippen LogP contribution in [0.4, 0.5) is 0 Å². The number of aryl methyl sites for hydroxylation is 1. The molecule has 0 saturated carbocycles. The van der Waals surface area contributed by atoms with Crippen LogP contribution in [-0.2, 0) is 11.3 Å². The molecule has 2 heterocycles. The molecule has 3 aromatic rings. The number of nitrogens with zero attached hydrogens (tertiary/aromatic N) is 1. The lowest BCUT2D eigenvalue weighted by Gasteiger charge is -2.11. The number of para-hydroxylation sites is 1. The summed E-state index contributed by atoms with van der Waals surface area (Å²) in [5, 5.41) is 1.88. The Morgan fingerprint density at radius 1 is 1.17 bits per heavy atom. The molecule has 2 aromatic heterocycles. The van der Waals surface area contributed by atoms with E-state index < -0.39 is 0 Å². The van der Waals surface area contributed by atoms with Crippen LogP contribution < -0.4 is 4.74 Å². The van der Waals surface area contributed by atoms with Crippen LogP contribution in [-0.4, -0.2) is 11.0 Å². The van der Waals surface area contributed by atoms with Gasteiger partial charge in [0, 0.05) is 11.8 Å². The Labute approximate surface area is 138 Å². The minimum atomic E-state index is -0.311. The molecule has 116 valence electrons. The third-order valence-corrected chi connectivity index (χ3v) is 4.24. The molecule has 4 nitrogen and oxygen atoms in total. The summed E-state index contributed by atoms with van der Waals surface area (Å²) in [4.78, 5) is 16.8. The van der Waals surface area contributed by atoms with E-state index in [1.165, 1.54) is 11.3 Å². The van der Waals surface area contributed by atoms with Gasteiger partial charge in [0.25, 0.3) is 0 Å². The van der Waals surface area contributed by atoms with Crippen molar-refractivity contribution in [3.8, 4) is 11.5 Å². The van der Waals surface area contributed by atoms with Gasteiger partial charge in [0.2, 0.25) is 0 Å². The number of esters is 1. The lowest BCUT2D eigenvalue weighted by molar-refractivity contribution is 0.0476. The summed E-state index contributed by atoms with van der Waals surface area (Å²) in [6.45, 7) is 2.05. The van der Waals surface area contributed by atoms with Gasteiger partial charge < -0.3 is 9.47 Å². The molecule has 0 radical (unpaired) electrons. The van der Waals surface area contributed by atoms with E-state index in [9.17, 15) is 4.79 Å². The summed E-state index contributed by atoms with van der Waals surface area (Å²) < 4.78 is 11.2. The molecule has 1 aromatic carbocycles. The van der Waals surface area contributed by atoms with E-state index in [1.807, 2.05) is 48.7 Å². The number of benzene rings is 1. The number of aromatic nitrogens is 1. The lowest BCUT2D eigenvalue weighted by atomic mass is 10.2. The molecule has 0 aliphatic rings. The van der Waals surface area contributed by atoms with Crippen LogP contribution in [0.2, 0.25) is 0 Å². The van der Waals surface area contributed by atoms with E-state index in [2.05, 4.69) is 4.98 Å². The zero-order valence-corrected chi connectivity index (χ0v) is 13.4. The van der Waals surface area contributed by atoms with Crippen molar-refractivity contribution in [3.63, 3.8) is 0 Å². The van der Waals surface area contributed by atoms with Gasteiger partial charge in [-0.05, 0) is 42.1 Å². The van der Waals surface area contributed by atoms with Gasteiger partial charge in [-0.2, -0.15) is 0 Å². The number of carbonyl (C=O) groups excluding carboxylic acids is 1. The maximum Gasteiger partial charge on any atom is 0.348 e. The van der Waals surface area contributed by atoms with Gasteiger partial charge in [0.05, 0.1) is 6.20 Å². The topological polar surface area (TPSA) is 48.4 Å². The average molecular weight is 325 g/mol. The summed E-state index contributed by atoms with van der Waals surface area (Å²) in [6, 6.07) is 13.0. The Hall–Kier alpha value is -2.66. The quantitative estimate of drug-likeness (QED) is 0.643. The van der Waals surface area contributed by atoms with Gasteiger partial charge in [0.15, 0.2) is 0 Å². The zero-order valence-electron chi connectivity index (χ0n) is 12.6. The fourth-order valence-corrected chi connectivity index (χ4v) is 2.87. The SMILES string of the molecule is Cc1ccsc1C(=O)OCc1ccccc1Oc1cccnc1. The van der Waals surface area contributed by atoms with E-state index in [0.29, 0.717) is 16.4 Å². The van der Waals surface area contributed by atoms with Crippen LogP contribution in [0.1, 0.15) is 20.8 Å². The van der Waals surface area contributed by atoms with Gasteiger partial charge in [0.1, 0.15) is 23.0 Å². The molecule has 0 unspecified atom stereocenters. The third-order valence-electron chi connectivity index (χ3n) is 3.24. The number of hydrogen-bond acceptors (Lipinski definition) is 5. The van der Waals surface area contributed by atoms with Crippen molar-refractivity contribution in [1.29, 1.82) is 0 Å². The van der Waals surface area contributed by atoms with Crippen molar-refractivity contribution in [2.24, 2.45) is 0 Å². The highest BCUT2D eigenvalue weighted by Crippen LogP contribution is 2.26. The smallest absolute Gasteiger partial charge is 0.348 e. The highest BCUT2D eigenvalue weighted by molar-refractivity contribution is 7.12. The van der Waals surface area contributed by atoms with Gasteiger partial charge in [-0.25, -0.2) is 4.79 Å².